The summed E-state index contributed by atoms with van der Waals surface area (Å²) in [5, 5.41) is 16.5. The van der Waals surface area contributed by atoms with Crippen LogP contribution in [0.5, 0.6) is 0 Å². The van der Waals surface area contributed by atoms with Crippen LogP contribution in [-0.2, 0) is 4.79 Å². The minimum Gasteiger partial charge on any atom is -0.480 e. The normalized spacial score (nSPS) is 12.1. The van der Waals surface area contributed by atoms with E-state index in [9.17, 15) is 4.79 Å². The molecule has 6 heteroatoms. The number of hydrogen-bond donors (Lipinski definition) is 2. The number of nitrogens with zero attached hydrogens (tertiary/aromatic N) is 3. The van der Waals surface area contributed by atoms with Gasteiger partial charge < -0.3 is 10.4 Å². The number of carboxylic acids is 1. The molecular formula is C13H18N4O2. The van der Waals surface area contributed by atoms with Gasteiger partial charge in [-0.15, -0.1) is 0 Å². The topological polar surface area (TPSA) is 79.5 Å². The zero-order chi connectivity index (χ0) is 14.2. The monoisotopic (exact) mass is 262 g/mol. The lowest BCUT2D eigenvalue weighted by Crippen LogP contribution is -2.40. The largest absolute Gasteiger partial charge is 0.480 e. The molecule has 0 aromatic carbocycles. The summed E-state index contributed by atoms with van der Waals surface area (Å²) in [4.78, 5) is 15.4. The van der Waals surface area contributed by atoms with E-state index >= 15 is 0 Å². The Balaban J connectivity index is 2.46. The summed E-state index contributed by atoms with van der Waals surface area (Å²) in [6, 6.07) is 1.93. The quantitative estimate of drug-likeness (QED) is 0.882. The fourth-order valence-corrected chi connectivity index (χ4v) is 1.67. The van der Waals surface area contributed by atoms with Crippen molar-refractivity contribution in [3.63, 3.8) is 0 Å². The fraction of sp³-hybridized carbons (Fsp3) is 0.462. The number of carbonyl (C=O) groups is 1. The Kier molecular flexibility index (Phi) is 3.18. The van der Waals surface area contributed by atoms with E-state index in [1.807, 2.05) is 6.07 Å². The van der Waals surface area contributed by atoms with Crippen molar-refractivity contribution in [1.29, 1.82) is 0 Å². The van der Waals surface area contributed by atoms with E-state index in [4.69, 9.17) is 5.11 Å². The number of aromatic nitrogens is 3. The maximum Gasteiger partial charge on any atom is 0.328 e. The highest BCUT2D eigenvalue weighted by molar-refractivity contribution is 5.83. The summed E-state index contributed by atoms with van der Waals surface area (Å²) < 4.78 is 1.71. The highest BCUT2D eigenvalue weighted by Gasteiger charge is 2.28. The number of anilines is 1. The smallest absolute Gasteiger partial charge is 0.328 e. The van der Waals surface area contributed by atoms with Gasteiger partial charge in [-0.3, -0.25) is 0 Å². The molecule has 0 aliphatic heterocycles. The van der Waals surface area contributed by atoms with Gasteiger partial charge in [-0.25, -0.2) is 14.3 Å². The Bertz CT molecular complexity index is 616. The maximum absolute atomic E-state index is 11.2. The molecule has 0 saturated carbocycles. The molecule has 0 unspecified atom stereocenters. The van der Waals surface area contributed by atoms with Crippen LogP contribution in [0.2, 0.25) is 0 Å². The van der Waals surface area contributed by atoms with Gasteiger partial charge >= 0.3 is 5.97 Å². The predicted octanol–water partition coefficient (Wildman–Crippen LogP) is 2.13. The lowest BCUT2D eigenvalue weighted by Gasteiger charge is -2.21. The van der Waals surface area contributed by atoms with Gasteiger partial charge in [0.2, 0.25) is 0 Å². The van der Waals surface area contributed by atoms with Crippen LogP contribution in [-0.4, -0.2) is 31.2 Å². The minimum absolute atomic E-state index is 0.306. The Labute approximate surface area is 111 Å². The first kappa shape index (κ1) is 13.3. The zero-order valence-corrected chi connectivity index (χ0v) is 11.5. The molecule has 102 valence electrons. The van der Waals surface area contributed by atoms with Crippen LogP contribution in [0, 0.1) is 0 Å². The van der Waals surface area contributed by atoms with Crippen molar-refractivity contribution < 1.29 is 9.90 Å². The van der Waals surface area contributed by atoms with Crippen molar-refractivity contribution in [3.05, 3.63) is 24.2 Å². The van der Waals surface area contributed by atoms with Gasteiger partial charge in [-0.05, 0) is 25.8 Å². The molecule has 0 radical (unpaired) electrons. The predicted molar refractivity (Wildman–Crippen MR) is 72.4 cm³/mol. The molecule has 2 aromatic heterocycles. The number of rotatable bonds is 4. The van der Waals surface area contributed by atoms with E-state index in [1.165, 1.54) is 0 Å². The molecule has 2 heterocycles. The Morgan fingerprint density at radius 1 is 1.47 bits per heavy atom. The number of nitrogens with one attached hydrogen (secondary N) is 1. The molecule has 0 spiro atoms. The van der Waals surface area contributed by atoms with E-state index in [0.717, 1.165) is 11.2 Å². The molecule has 0 saturated heterocycles. The highest BCUT2D eigenvalue weighted by atomic mass is 16.4. The van der Waals surface area contributed by atoms with Gasteiger partial charge in [-0.2, -0.15) is 5.10 Å². The van der Waals surface area contributed by atoms with Crippen molar-refractivity contribution >= 4 is 17.3 Å². The summed E-state index contributed by atoms with van der Waals surface area (Å²) in [5.74, 6) is -0.102. The average Bonchev–Trinajstić information content (AvgIpc) is 2.73. The van der Waals surface area contributed by atoms with E-state index in [0.29, 0.717) is 11.7 Å². The van der Waals surface area contributed by atoms with E-state index < -0.39 is 11.5 Å². The van der Waals surface area contributed by atoms with Crippen molar-refractivity contribution in [2.24, 2.45) is 0 Å². The summed E-state index contributed by atoms with van der Waals surface area (Å²) in [6.07, 6.45) is 3.35. The third kappa shape index (κ3) is 2.52. The molecule has 0 bridgehead atoms. The van der Waals surface area contributed by atoms with Crippen LogP contribution in [0.15, 0.2) is 18.5 Å². The number of fused-ring (bicyclic) bond motifs is 1. The van der Waals surface area contributed by atoms with Crippen LogP contribution >= 0.6 is 0 Å². The molecule has 0 aliphatic rings. The van der Waals surface area contributed by atoms with Crippen LogP contribution in [0.25, 0.3) is 5.52 Å². The third-order valence-electron chi connectivity index (χ3n) is 2.97. The minimum atomic E-state index is -1.09. The zero-order valence-electron chi connectivity index (χ0n) is 11.5. The second kappa shape index (κ2) is 4.53. The number of aliphatic carboxylic acids is 1. The molecule has 2 N–H and O–H groups in total. The second-order valence-electron chi connectivity index (χ2n) is 5.38. The molecule has 0 aliphatic carbocycles. The molecule has 19 heavy (non-hydrogen) atoms. The van der Waals surface area contributed by atoms with Gasteiger partial charge in [-0.1, -0.05) is 13.8 Å². The van der Waals surface area contributed by atoms with Gasteiger partial charge in [0.25, 0.3) is 0 Å². The molecule has 2 aromatic rings. The summed E-state index contributed by atoms with van der Waals surface area (Å²) in [5.41, 5.74) is 0.640. The first-order valence-electron chi connectivity index (χ1n) is 6.17. The molecule has 0 atom stereocenters. The van der Waals surface area contributed by atoms with Crippen molar-refractivity contribution in [3.8, 4) is 0 Å². The molecule has 2 rings (SSSR count). The summed E-state index contributed by atoms with van der Waals surface area (Å²) >= 11 is 0. The molecule has 0 fully saturated rings. The van der Waals surface area contributed by atoms with Gasteiger partial charge in [0, 0.05) is 12.4 Å². The summed E-state index contributed by atoms with van der Waals surface area (Å²) in [7, 11) is 0. The lowest BCUT2D eigenvalue weighted by molar-refractivity contribution is -0.141. The second-order valence-corrected chi connectivity index (χ2v) is 5.38. The van der Waals surface area contributed by atoms with Crippen LogP contribution in [0.1, 0.15) is 39.3 Å². The van der Waals surface area contributed by atoms with Crippen molar-refractivity contribution in [2.45, 2.75) is 39.2 Å². The Morgan fingerprint density at radius 2 is 2.16 bits per heavy atom. The first-order chi connectivity index (χ1) is 8.81. The summed E-state index contributed by atoms with van der Waals surface area (Å²) in [6.45, 7) is 7.31. The Hall–Kier alpha value is -2.11. The Morgan fingerprint density at radius 3 is 2.74 bits per heavy atom. The average molecular weight is 262 g/mol. The van der Waals surface area contributed by atoms with Crippen LogP contribution in [0.3, 0.4) is 0 Å². The van der Waals surface area contributed by atoms with Crippen molar-refractivity contribution in [1.82, 2.24) is 14.6 Å². The van der Waals surface area contributed by atoms with Crippen LogP contribution < -0.4 is 5.32 Å². The van der Waals surface area contributed by atoms with Gasteiger partial charge in [0.1, 0.15) is 11.1 Å². The van der Waals surface area contributed by atoms with E-state index in [-0.39, 0.29) is 0 Å². The standard InChI is InChI=1S/C13H18N4O2/c1-8(2)9-7-10-11(14-5-6-17(10)16-9)15-13(3,4)12(18)19/h5-8H,1-4H3,(H,14,15)(H,18,19). The molecular weight excluding hydrogens is 244 g/mol. The number of carboxylic acid groups (broad SMARTS) is 1. The fourth-order valence-electron chi connectivity index (χ4n) is 1.67. The highest BCUT2D eigenvalue weighted by Crippen LogP contribution is 2.22. The van der Waals surface area contributed by atoms with E-state index in [2.05, 4.69) is 29.2 Å². The lowest BCUT2D eigenvalue weighted by atomic mass is 10.1. The maximum atomic E-state index is 11.2. The molecule has 6 nitrogen and oxygen atoms in total. The van der Waals surface area contributed by atoms with Crippen LogP contribution in [0.4, 0.5) is 5.82 Å². The van der Waals surface area contributed by atoms with Gasteiger partial charge in [0.15, 0.2) is 5.82 Å². The molecule has 0 amide bonds. The third-order valence-corrected chi connectivity index (χ3v) is 2.97. The van der Waals surface area contributed by atoms with Crippen molar-refractivity contribution in [2.75, 3.05) is 5.32 Å². The van der Waals surface area contributed by atoms with E-state index in [1.54, 1.807) is 30.8 Å². The van der Waals surface area contributed by atoms with Gasteiger partial charge in [0.05, 0.1) is 5.69 Å². The first-order valence-corrected chi connectivity index (χ1v) is 6.17. The SMILES string of the molecule is CC(C)c1cc2c(NC(C)(C)C(=O)O)nccn2n1. The number of hydrogen-bond acceptors (Lipinski definition) is 4.